The molecular weight excluding hydrogens is 358 g/mol. The fourth-order valence-electron chi connectivity index (χ4n) is 3.13. The van der Waals surface area contributed by atoms with Crippen LogP contribution in [0.4, 0.5) is 10.5 Å². The molecule has 2 aromatic rings. The van der Waals surface area contributed by atoms with Gasteiger partial charge in [-0.2, -0.15) is 0 Å². The number of nitrogens with zero attached hydrogens (tertiary/aromatic N) is 2. The van der Waals surface area contributed by atoms with Gasteiger partial charge in [-0.05, 0) is 36.4 Å². The number of nitrogens with one attached hydrogen (secondary N) is 1. The second kappa shape index (κ2) is 9.73. The molecule has 1 fully saturated rings. The molecule has 1 saturated heterocycles. The molecule has 0 saturated carbocycles. The zero-order valence-electron chi connectivity index (χ0n) is 16.4. The zero-order chi connectivity index (χ0) is 19.8. The second-order valence-corrected chi connectivity index (χ2v) is 6.40. The van der Waals surface area contributed by atoms with Crippen molar-refractivity contribution < 1.29 is 19.0 Å². The largest absolute Gasteiger partial charge is 0.497 e. The van der Waals surface area contributed by atoms with Gasteiger partial charge in [-0.1, -0.05) is 12.1 Å². The fraction of sp³-hybridized carbons (Fsp3) is 0.381. The molecule has 1 N–H and O–H groups in total. The lowest BCUT2D eigenvalue weighted by molar-refractivity contribution is 0.191. The molecule has 0 unspecified atom stereocenters. The average Bonchev–Trinajstić information content (AvgIpc) is 2.77. The van der Waals surface area contributed by atoms with Crippen LogP contribution in [0.1, 0.15) is 0 Å². The lowest BCUT2D eigenvalue weighted by atomic mass is 10.2. The number of rotatable bonds is 7. The molecule has 150 valence electrons. The summed E-state index contributed by atoms with van der Waals surface area (Å²) < 4.78 is 16.1. The normalized spacial score (nSPS) is 13.8. The van der Waals surface area contributed by atoms with E-state index in [1.165, 1.54) is 0 Å². The zero-order valence-corrected chi connectivity index (χ0v) is 16.4. The van der Waals surface area contributed by atoms with Gasteiger partial charge in [-0.15, -0.1) is 0 Å². The monoisotopic (exact) mass is 385 g/mol. The standard InChI is InChI=1S/C21H27N3O4/c1-26-18-9-7-17(8-10-18)23-12-14-24(15-13-23)21(25)22-11-16-28-20-6-4-3-5-19(20)27-2/h3-10H,11-16H2,1-2H3,(H,22,25). The molecule has 0 atom stereocenters. The van der Waals surface area contributed by atoms with E-state index in [4.69, 9.17) is 14.2 Å². The topological polar surface area (TPSA) is 63.3 Å². The maximum atomic E-state index is 12.4. The first kappa shape index (κ1) is 19.7. The number of anilines is 1. The van der Waals surface area contributed by atoms with E-state index in [9.17, 15) is 4.79 Å². The third-order valence-electron chi connectivity index (χ3n) is 4.71. The maximum absolute atomic E-state index is 12.4. The van der Waals surface area contributed by atoms with E-state index in [1.54, 1.807) is 14.2 Å². The molecule has 28 heavy (non-hydrogen) atoms. The van der Waals surface area contributed by atoms with Crippen molar-refractivity contribution in [1.82, 2.24) is 10.2 Å². The second-order valence-electron chi connectivity index (χ2n) is 6.40. The Morgan fingerprint density at radius 2 is 1.61 bits per heavy atom. The number of carbonyl (C=O) groups excluding carboxylic acids is 1. The van der Waals surface area contributed by atoms with Crippen LogP contribution in [0.5, 0.6) is 17.2 Å². The van der Waals surface area contributed by atoms with Gasteiger partial charge in [-0.25, -0.2) is 4.79 Å². The van der Waals surface area contributed by atoms with Gasteiger partial charge in [-0.3, -0.25) is 0 Å². The van der Waals surface area contributed by atoms with Gasteiger partial charge in [0.05, 0.1) is 20.8 Å². The van der Waals surface area contributed by atoms with Gasteiger partial charge in [0.2, 0.25) is 0 Å². The molecule has 0 bridgehead atoms. The van der Waals surface area contributed by atoms with Crippen LogP contribution in [0, 0.1) is 0 Å². The van der Waals surface area contributed by atoms with Crippen LogP contribution in [-0.4, -0.2) is 64.5 Å². The number of ether oxygens (including phenoxy) is 3. The van der Waals surface area contributed by atoms with Crippen LogP contribution >= 0.6 is 0 Å². The van der Waals surface area contributed by atoms with Crippen LogP contribution in [0.3, 0.4) is 0 Å². The summed E-state index contributed by atoms with van der Waals surface area (Å²) in [5, 5.41) is 2.92. The summed E-state index contributed by atoms with van der Waals surface area (Å²) in [5.74, 6) is 2.20. The molecule has 1 aliphatic rings. The highest BCUT2D eigenvalue weighted by Crippen LogP contribution is 2.25. The Morgan fingerprint density at radius 1 is 0.929 bits per heavy atom. The Hall–Kier alpha value is -3.09. The molecule has 2 aromatic carbocycles. The van der Waals surface area contributed by atoms with Gasteiger partial charge < -0.3 is 29.3 Å². The van der Waals surface area contributed by atoms with Crippen LogP contribution in [0.2, 0.25) is 0 Å². The Balaban J connectivity index is 1.39. The minimum atomic E-state index is -0.0574. The highest BCUT2D eigenvalue weighted by atomic mass is 16.5. The number of piperazine rings is 1. The summed E-state index contributed by atoms with van der Waals surface area (Å²) in [7, 11) is 3.27. The van der Waals surface area contributed by atoms with Crippen molar-refractivity contribution in [2.75, 3.05) is 58.5 Å². The van der Waals surface area contributed by atoms with Crippen LogP contribution in [0.25, 0.3) is 0 Å². The van der Waals surface area contributed by atoms with Gasteiger partial charge >= 0.3 is 6.03 Å². The number of hydrogen-bond donors (Lipinski definition) is 1. The first-order valence-corrected chi connectivity index (χ1v) is 9.39. The number of methoxy groups -OCH3 is 2. The smallest absolute Gasteiger partial charge is 0.317 e. The van der Waals surface area contributed by atoms with Crippen molar-refractivity contribution >= 4 is 11.7 Å². The van der Waals surface area contributed by atoms with E-state index < -0.39 is 0 Å². The Bertz CT molecular complexity index is 759. The summed E-state index contributed by atoms with van der Waals surface area (Å²) in [4.78, 5) is 16.5. The number of amides is 2. The number of hydrogen-bond acceptors (Lipinski definition) is 5. The molecule has 2 amide bonds. The predicted molar refractivity (Wildman–Crippen MR) is 109 cm³/mol. The summed E-state index contributed by atoms with van der Waals surface area (Å²) in [6, 6.07) is 15.4. The van der Waals surface area contributed by atoms with Crippen LogP contribution in [-0.2, 0) is 0 Å². The summed E-state index contributed by atoms with van der Waals surface area (Å²) in [6.45, 7) is 3.80. The third kappa shape index (κ3) is 5.00. The molecular formula is C21H27N3O4. The predicted octanol–water partition coefficient (Wildman–Crippen LogP) is 2.61. The molecule has 7 heteroatoms. The molecule has 0 aromatic heterocycles. The third-order valence-corrected chi connectivity index (χ3v) is 4.71. The SMILES string of the molecule is COc1ccc(N2CCN(C(=O)NCCOc3ccccc3OC)CC2)cc1. The van der Waals surface area contributed by atoms with Crippen LogP contribution in [0.15, 0.2) is 48.5 Å². The van der Waals surface area contributed by atoms with Gasteiger partial charge in [0.15, 0.2) is 11.5 Å². The Labute approximate surface area is 165 Å². The minimum Gasteiger partial charge on any atom is -0.497 e. The van der Waals surface area contributed by atoms with E-state index in [0.29, 0.717) is 37.7 Å². The van der Waals surface area contributed by atoms with Crippen molar-refractivity contribution in [2.45, 2.75) is 0 Å². The van der Waals surface area contributed by atoms with Gasteiger partial charge in [0, 0.05) is 31.9 Å². The molecule has 0 aliphatic carbocycles. The van der Waals surface area contributed by atoms with Crippen molar-refractivity contribution in [3.05, 3.63) is 48.5 Å². The minimum absolute atomic E-state index is 0.0574. The van der Waals surface area contributed by atoms with Crippen molar-refractivity contribution in [1.29, 1.82) is 0 Å². The molecule has 0 radical (unpaired) electrons. The summed E-state index contributed by atoms with van der Waals surface area (Å²) in [6.07, 6.45) is 0. The lowest BCUT2D eigenvalue weighted by Gasteiger charge is -2.36. The van der Waals surface area contributed by atoms with E-state index >= 15 is 0 Å². The molecule has 1 heterocycles. The van der Waals surface area contributed by atoms with E-state index in [0.717, 1.165) is 24.5 Å². The van der Waals surface area contributed by atoms with E-state index in [-0.39, 0.29) is 6.03 Å². The quantitative estimate of drug-likeness (QED) is 0.743. The molecule has 1 aliphatic heterocycles. The van der Waals surface area contributed by atoms with Crippen molar-refractivity contribution in [3.8, 4) is 17.2 Å². The summed E-state index contributed by atoms with van der Waals surface area (Å²) >= 11 is 0. The Kier molecular flexibility index (Phi) is 6.84. The van der Waals surface area contributed by atoms with Gasteiger partial charge in [0.1, 0.15) is 12.4 Å². The van der Waals surface area contributed by atoms with E-state index in [2.05, 4.69) is 10.2 Å². The maximum Gasteiger partial charge on any atom is 0.317 e. The van der Waals surface area contributed by atoms with Crippen LogP contribution < -0.4 is 24.4 Å². The highest BCUT2D eigenvalue weighted by molar-refractivity contribution is 5.74. The fourth-order valence-corrected chi connectivity index (χ4v) is 3.13. The summed E-state index contributed by atoms with van der Waals surface area (Å²) in [5.41, 5.74) is 1.14. The average molecular weight is 385 g/mol. The first-order chi connectivity index (χ1) is 13.7. The van der Waals surface area contributed by atoms with Crippen molar-refractivity contribution in [2.24, 2.45) is 0 Å². The number of benzene rings is 2. The highest BCUT2D eigenvalue weighted by Gasteiger charge is 2.21. The van der Waals surface area contributed by atoms with E-state index in [1.807, 2.05) is 53.4 Å². The Morgan fingerprint density at radius 3 is 2.25 bits per heavy atom. The number of para-hydroxylation sites is 2. The molecule has 3 rings (SSSR count). The van der Waals surface area contributed by atoms with Crippen molar-refractivity contribution in [3.63, 3.8) is 0 Å². The lowest BCUT2D eigenvalue weighted by Crippen LogP contribution is -2.52. The number of carbonyl (C=O) groups is 1. The molecule has 7 nitrogen and oxygen atoms in total. The molecule has 0 spiro atoms. The first-order valence-electron chi connectivity index (χ1n) is 9.39. The van der Waals surface area contributed by atoms with Gasteiger partial charge in [0.25, 0.3) is 0 Å². The number of urea groups is 1.